The average molecular weight is 381 g/mol. The lowest BCUT2D eigenvalue weighted by molar-refractivity contribution is -0.155. The second-order valence-corrected chi connectivity index (χ2v) is 5.83. The molecule has 0 aliphatic rings. The van der Waals surface area contributed by atoms with E-state index in [1.165, 1.54) is 6.92 Å². The van der Waals surface area contributed by atoms with Crippen LogP contribution in [0.25, 0.3) is 0 Å². The van der Waals surface area contributed by atoms with Gasteiger partial charge >= 0.3 is 5.97 Å². The van der Waals surface area contributed by atoms with Crippen molar-refractivity contribution in [2.24, 2.45) is 0 Å². The summed E-state index contributed by atoms with van der Waals surface area (Å²) < 4.78 is 49.9. The van der Waals surface area contributed by atoms with E-state index in [9.17, 15) is 22.8 Å². The summed E-state index contributed by atoms with van der Waals surface area (Å²) in [6.07, 6.45) is -1.30. The van der Waals surface area contributed by atoms with Crippen LogP contribution in [0.1, 0.15) is 18.1 Å². The zero-order valence-electron chi connectivity index (χ0n) is 14.9. The number of hydrogen-bond acceptors (Lipinski definition) is 4. The Bertz CT molecular complexity index is 870. The fourth-order valence-corrected chi connectivity index (χ4v) is 2.16. The van der Waals surface area contributed by atoms with Gasteiger partial charge in [0.1, 0.15) is 5.75 Å². The number of carbonyl (C=O) groups excluding carboxylic acids is 2. The first-order valence-corrected chi connectivity index (χ1v) is 8.03. The van der Waals surface area contributed by atoms with Crippen molar-refractivity contribution in [2.75, 3.05) is 11.9 Å². The molecular weight excluding hydrogens is 363 g/mol. The summed E-state index contributed by atoms with van der Waals surface area (Å²) in [5.41, 5.74) is 1.29. The quantitative estimate of drug-likeness (QED) is 0.613. The summed E-state index contributed by atoms with van der Waals surface area (Å²) in [5.74, 6) is -5.84. The van der Waals surface area contributed by atoms with Crippen LogP contribution in [0.5, 0.6) is 5.75 Å². The first kappa shape index (κ1) is 20.3. The largest absolute Gasteiger partial charge is 0.482 e. The topological polar surface area (TPSA) is 64.6 Å². The van der Waals surface area contributed by atoms with Gasteiger partial charge in [-0.25, -0.2) is 18.0 Å². The first-order valence-electron chi connectivity index (χ1n) is 8.03. The van der Waals surface area contributed by atoms with Gasteiger partial charge in [0.25, 0.3) is 5.91 Å². The number of rotatable bonds is 6. The number of aryl methyl sites for hydroxylation is 1. The van der Waals surface area contributed by atoms with Gasteiger partial charge in [-0.15, -0.1) is 0 Å². The predicted molar refractivity (Wildman–Crippen MR) is 91.9 cm³/mol. The summed E-state index contributed by atoms with van der Waals surface area (Å²) in [6, 6.07) is 6.89. The van der Waals surface area contributed by atoms with E-state index in [4.69, 9.17) is 9.47 Å². The standard InChI is InChI=1S/C19H18F3NO4/c1-10-5-4-6-15(11(10)2)26-9-16(24)27-12(3)19(25)23-14-8-7-13(20)17(21)18(14)22/h4-8,12H,9H2,1-3H3,(H,23,25)/t12-/m1/s1. The van der Waals surface area contributed by atoms with Crippen molar-refractivity contribution in [3.05, 3.63) is 58.9 Å². The molecule has 1 atom stereocenters. The Kier molecular flexibility index (Phi) is 6.44. The molecule has 0 aliphatic heterocycles. The Morgan fingerprint density at radius 3 is 2.48 bits per heavy atom. The molecule has 0 aromatic heterocycles. The number of hydrogen-bond donors (Lipinski definition) is 1. The zero-order chi connectivity index (χ0) is 20.1. The number of benzene rings is 2. The normalized spacial score (nSPS) is 11.6. The third-order valence-corrected chi connectivity index (χ3v) is 3.87. The van der Waals surface area contributed by atoms with E-state index in [0.29, 0.717) is 11.8 Å². The lowest BCUT2D eigenvalue weighted by atomic mass is 10.1. The van der Waals surface area contributed by atoms with Crippen LogP contribution in [-0.4, -0.2) is 24.6 Å². The van der Waals surface area contributed by atoms with Crippen LogP contribution in [-0.2, 0) is 14.3 Å². The smallest absolute Gasteiger partial charge is 0.344 e. The van der Waals surface area contributed by atoms with Crippen LogP contribution >= 0.6 is 0 Å². The van der Waals surface area contributed by atoms with E-state index in [1.807, 2.05) is 25.2 Å². The van der Waals surface area contributed by atoms with Crippen molar-refractivity contribution in [3.63, 3.8) is 0 Å². The first-order chi connectivity index (χ1) is 12.7. The number of nitrogens with one attached hydrogen (secondary N) is 1. The van der Waals surface area contributed by atoms with Crippen LogP contribution in [0.15, 0.2) is 30.3 Å². The fraction of sp³-hybridized carbons (Fsp3) is 0.263. The maximum Gasteiger partial charge on any atom is 0.344 e. The third kappa shape index (κ3) is 4.99. The molecule has 2 rings (SSSR count). The van der Waals surface area contributed by atoms with E-state index in [0.717, 1.165) is 17.2 Å². The number of ether oxygens (including phenoxy) is 2. The minimum atomic E-state index is -1.71. The van der Waals surface area contributed by atoms with Crippen molar-refractivity contribution in [2.45, 2.75) is 26.9 Å². The van der Waals surface area contributed by atoms with Crippen molar-refractivity contribution in [1.29, 1.82) is 0 Å². The minimum Gasteiger partial charge on any atom is -0.482 e. The summed E-state index contributed by atoms with van der Waals surface area (Å²) in [5, 5.41) is 2.04. The molecule has 1 N–H and O–H groups in total. The van der Waals surface area contributed by atoms with E-state index < -0.39 is 47.7 Å². The zero-order valence-corrected chi connectivity index (χ0v) is 14.9. The van der Waals surface area contributed by atoms with Gasteiger partial charge in [0.15, 0.2) is 30.2 Å². The van der Waals surface area contributed by atoms with Crippen molar-refractivity contribution < 1.29 is 32.2 Å². The molecule has 0 aliphatic carbocycles. The molecule has 0 radical (unpaired) electrons. The molecule has 144 valence electrons. The van der Waals surface area contributed by atoms with Crippen LogP contribution in [0.3, 0.4) is 0 Å². The molecule has 0 heterocycles. The molecule has 2 aromatic rings. The van der Waals surface area contributed by atoms with Gasteiger partial charge in [0.2, 0.25) is 0 Å². The van der Waals surface area contributed by atoms with Gasteiger partial charge in [-0.2, -0.15) is 0 Å². The Labute approximate surface area is 154 Å². The van der Waals surface area contributed by atoms with Gasteiger partial charge < -0.3 is 14.8 Å². The molecule has 0 saturated carbocycles. The molecule has 5 nitrogen and oxygen atoms in total. The van der Waals surface area contributed by atoms with Crippen LogP contribution in [0, 0.1) is 31.3 Å². The van der Waals surface area contributed by atoms with Gasteiger partial charge in [-0.05, 0) is 50.1 Å². The molecule has 1 amide bonds. The molecule has 0 fully saturated rings. The van der Waals surface area contributed by atoms with Crippen LogP contribution in [0.4, 0.5) is 18.9 Å². The predicted octanol–water partition coefficient (Wildman–Crippen LogP) is 3.67. The molecule has 8 heteroatoms. The number of anilines is 1. The number of esters is 1. The van der Waals surface area contributed by atoms with Crippen LogP contribution in [0.2, 0.25) is 0 Å². The summed E-state index contributed by atoms with van der Waals surface area (Å²) in [4.78, 5) is 23.8. The molecular formula is C19H18F3NO4. The number of halogens is 3. The molecule has 0 saturated heterocycles. The summed E-state index contributed by atoms with van der Waals surface area (Å²) in [6.45, 7) is 4.55. The monoisotopic (exact) mass is 381 g/mol. The third-order valence-electron chi connectivity index (χ3n) is 3.87. The Morgan fingerprint density at radius 2 is 1.78 bits per heavy atom. The SMILES string of the molecule is Cc1cccc(OCC(=O)O[C@H](C)C(=O)Nc2ccc(F)c(F)c2F)c1C. The van der Waals surface area contributed by atoms with E-state index >= 15 is 0 Å². The molecule has 0 bridgehead atoms. The van der Waals surface area contributed by atoms with Crippen molar-refractivity contribution in [3.8, 4) is 5.75 Å². The minimum absolute atomic E-state index is 0.429. The molecule has 2 aromatic carbocycles. The average Bonchev–Trinajstić information content (AvgIpc) is 2.63. The summed E-state index contributed by atoms with van der Waals surface area (Å²) >= 11 is 0. The van der Waals surface area contributed by atoms with Gasteiger partial charge in [-0.3, -0.25) is 4.79 Å². The maximum atomic E-state index is 13.6. The van der Waals surface area contributed by atoms with Crippen molar-refractivity contribution >= 4 is 17.6 Å². The second kappa shape index (κ2) is 8.57. The fourth-order valence-electron chi connectivity index (χ4n) is 2.16. The van der Waals surface area contributed by atoms with Crippen LogP contribution < -0.4 is 10.1 Å². The lowest BCUT2D eigenvalue weighted by Gasteiger charge is -2.15. The van der Waals surface area contributed by atoms with Gasteiger partial charge in [-0.1, -0.05) is 12.1 Å². The Hall–Kier alpha value is -3.03. The molecule has 27 heavy (non-hydrogen) atoms. The molecule has 0 spiro atoms. The van der Waals surface area contributed by atoms with E-state index in [1.54, 1.807) is 12.1 Å². The summed E-state index contributed by atoms with van der Waals surface area (Å²) in [7, 11) is 0. The van der Waals surface area contributed by atoms with E-state index in [2.05, 4.69) is 0 Å². The van der Waals surface area contributed by atoms with Gasteiger partial charge in [0, 0.05) is 0 Å². The lowest BCUT2D eigenvalue weighted by Crippen LogP contribution is -2.32. The highest BCUT2D eigenvalue weighted by Crippen LogP contribution is 2.21. The highest BCUT2D eigenvalue weighted by Gasteiger charge is 2.21. The van der Waals surface area contributed by atoms with E-state index in [-0.39, 0.29) is 0 Å². The van der Waals surface area contributed by atoms with Gasteiger partial charge in [0.05, 0.1) is 5.69 Å². The number of carbonyl (C=O) groups is 2. The Balaban J connectivity index is 1.91. The highest BCUT2D eigenvalue weighted by atomic mass is 19.2. The highest BCUT2D eigenvalue weighted by molar-refractivity contribution is 5.95. The number of amides is 1. The van der Waals surface area contributed by atoms with Crippen molar-refractivity contribution in [1.82, 2.24) is 0 Å². The maximum absolute atomic E-state index is 13.6. The molecule has 0 unspecified atom stereocenters. The second-order valence-electron chi connectivity index (χ2n) is 5.83. The Morgan fingerprint density at radius 1 is 1.07 bits per heavy atom.